The first-order valence-electron chi connectivity index (χ1n) is 9.64. The van der Waals surface area contributed by atoms with Crippen LogP contribution in [-0.4, -0.2) is 16.7 Å². The van der Waals surface area contributed by atoms with Crippen LogP contribution in [0.3, 0.4) is 0 Å². The molecule has 4 nitrogen and oxygen atoms in total. The molecule has 2 atom stereocenters. The van der Waals surface area contributed by atoms with Crippen LogP contribution in [0.4, 0.5) is 0 Å². The van der Waals surface area contributed by atoms with E-state index < -0.39 is 0 Å². The number of hydrogen-bond acceptors (Lipinski definition) is 2. The fourth-order valence-electron chi connectivity index (χ4n) is 3.89. The zero-order chi connectivity index (χ0) is 19.7. The first kappa shape index (κ1) is 18.8. The normalized spacial score (nSPS) is 19.1. The summed E-state index contributed by atoms with van der Waals surface area (Å²) in [4.78, 5) is 26.7. The molecule has 1 aliphatic heterocycles. The van der Waals surface area contributed by atoms with Gasteiger partial charge in [0.15, 0.2) is 0 Å². The van der Waals surface area contributed by atoms with Crippen LogP contribution in [0, 0.1) is 5.92 Å². The van der Waals surface area contributed by atoms with Crippen molar-refractivity contribution in [2.45, 2.75) is 38.3 Å². The number of carbonyl (C=O) groups is 2. The molecule has 2 aromatic rings. The number of hydrogen-bond donors (Lipinski definition) is 1. The van der Waals surface area contributed by atoms with Crippen molar-refractivity contribution in [1.82, 2.24) is 10.2 Å². The SMILES string of the molecule is CC(=O)N1C=Cc2ccccc2C1CC(=O)NC(c1ccc(Cl)cc1)C1CC1. The van der Waals surface area contributed by atoms with Crippen molar-refractivity contribution in [3.63, 3.8) is 0 Å². The molecule has 1 N–H and O–H groups in total. The van der Waals surface area contributed by atoms with Crippen LogP contribution in [-0.2, 0) is 9.59 Å². The van der Waals surface area contributed by atoms with Crippen LogP contribution in [0.2, 0.25) is 5.02 Å². The number of amides is 2. The van der Waals surface area contributed by atoms with Gasteiger partial charge in [0.25, 0.3) is 0 Å². The van der Waals surface area contributed by atoms with E-state index in [1.165, 1.54) is 6.92 Å². The van der Waals surface area contributed by atoms with Gasteiger partial charge in [-0.05, 0) is 53.7 Å². The molecule has 5 heteroatoms. The number of rotatable bonds is 5. The second-order valence-corrected chi connectivity index (χ2v) is 7.96. The second-order valence-electron chi connectivity index (χ2n) is 7.53. The van der Waals surface area contributed by atoms with Gasteiger partial charge in [-0.2, -0.15) is 0 Å². The number of nitrogens with zero attached hydrogens (tertiary/aromatic N) is 1. The third-order valence-electron chi connectivity index (χ3n) is 5.49. The molecular weight excluding hydrogens is 372 g/mol. The summed E-state index contributed by atoms with van der Waals surface area (Å²) in [5.74, 6) is 0.348. The maximum absolute atomic E-state index is 13.0. The molecule has 0 saturated heterocycles. The summed E-state index contributed by atoms with van der Waals surface area (Å²) in [6.07, 6.45) is 6.16. The molecule has 1 heterocycles. The first-order chi connectivity index (χ1) is 13.5. The highest BCUT2D eigenvalue weighted by Gasteiger charge is 2.35. The molecule has 0 aromatic heterocycles. The topological polar surface area (TPSA) is 49.4 Å². The maximum atomic E-state index is 13.0. The average Bonchev–Trinajstić information content (AvgIpc) is 3.52. The van der Waals surface area contributed by atoms with Crippen molar-refractivity contribution >= 4 is 29.5 Å². The highest BCUT2D eigenvalue weighted by atomic mass is 35.5. The van der Waals surface area contributed by atoms with Crippen molar-refractivity contribution in [1.29, 1.82) is 0 Å². The van der Waals surface area contributed by atoms with Crippen molar-refractivity contribution in [3.05, 3.63) is 76.4 Å². The quantitative estimate of drug-likeness (QED) is 0.786. The monoisotopic (exact) mass is 394 g/mol. The van der Waals surface area contributed by atoms with Crippen LogP contribution in [0.15, 0.2) is 54.7 Å². The number of nitrogens with one attached hydrogen (secondary N) is 1. The van der Waals surface area contributed by atoms with Gasteiger partial charge in [-0.15, -0.1) is 0 Å². The summed E-state index contributed by atoms with van der Waals surface area (Å²) >= 11 is 6.01. The van der Waals surface area contributed by atoms with Gasteiger partial charge < -0.3 is 10.2 Å². The number of halogens is 1. The van der Waals surface area contributed by atoms with Gasteiger partial charge >= 0.3 is 0 Å². The highest BCUT2D eigenvalue weighted by Crippen LogP contribution is 2.41. The molecule has 4 rings (SSSR count). The van der Waals surface area contributed by atoms with Crippen LogP contribution < -0.4 is 5.32 Å². The zero-order valence-corrected chi connectivity index (χ0v) is 16.5. The lowest BCUT2D eigenvalue weighted by atomic mass is 9.93. The molecule has 1 fully saturated rings. The Bertz CT molecular complexity index is 918. The Morgan fingerprint density at radius 1 is 1.14 bits per heavy atom. The first-order valence-corrected chi connectivity index (χ1v) is 10.0. The van der Waals surface area contributed by atoms with E-state index in [1.807, 2.05) is 54.6 Å². The lowest BCUT2D eigenvalue weighted by Gasteiger charge is -2.32. The summed E-state index contributed by atoms with van der Waals surface area (Å²) in [5.41, 5.74) is 3.13. The van der Waals surface area contributed by atoms with Crippen molar-refractivity contribution < 1.29 is 9.59 Å². The van der Waals surface area contributed by atoms with Crippen LogP contribution in [0.5, 0.6) is 0 Å². The summed E-state index contributed by atoms with van der Waals surface area (Å²) < 4.78 is 0. The maximum Gasteiger partial charge on any atom is 0.223 e. The Morgan fingerprint density at radius 2 is 1.86 bits per heavy atom. The Balaban J connectivity index is 1.53. The molecule has 0 spiro atoms. The fraction of sp³-hybridized carbons (Fsp3) is 0.304. The second kappa shape index (κ2) is 7.80. The fourth-order valence-corrected chi connectivity index (χ4v) is 4.02. The van der Waals surface area contributed by atoms with Gasteiger partial charge in [0.1, 0.15) is 0 Å². The molecule has 2 amide bonds. The van der Waals surface area contributed by atoms with E-state index in [0.717, 1.165) is 29.5 Å². The predicted octanol–water partition coefficient (Wildman–Crippen LogP) is 4.87. The van der Waals surface area contributed by atoms with Crippen molar-refractivity contribution in [2.24, 2.45) is 5.92 Å². The van der Waals surface area contributed by atoms with E-state index in [1.54, 1.807) is 11.1 Å². The van der Waals surface area contributed by atoms with E-state index in [-0.39, 0.29) is 30.3 Å². The minimum absolute atomic E-state index is 0.00933. The van der Waals surface area contributed by atoms with Gasteiger partial charge in [0.05, 0.1) is 18.5 Å². The van der Waals surface area contributed by atoms with Crippen LogP contribution in [0.25, 0.3) is 6.08 Å². The van der Waals surface area contributed by atoms with E-state index in [9.17, 15) is 9.59 Å². The highest BCUT2D eigenvalue weighted by molar-refractivity contribution is 6.30. The van der Waals surface area contributed by atoms with Gasteiger partial charge in [-0.1, -0.05) is 48.0 Å². The van der Waals surface area contributed by atoms with Crippen LogP contribution in [0.1, 0.15) is 55.0 Å². The molecule has 0 bridgehead atoms. The van der Waals surface area contributed by atoms with E-state index in [2.05, 4.69) is 5.32 Å². The molecule has 0 radical (unpaired) electrons. The van der Waals surface area contributed by atoms with Crippen LogP contribution >= 0.6 is 11.6 Å². The van der Waals surface area contributed by atoms with Gasteiger partial charge in [0, 0.05) is 18.1 Å². The smallest absolute Gasteiger partial charge is 0.223 e. The Hall–Kier alpha value is -2.59. The third kappa shape index (κ3) is 3.97. The summed E-state index contributed by atoms with van der Waals surface area (Å²) in [5, 5.41) is 3.90. The lowest BCUT2D eigenvalue weighted by molar-refractivity contribution is -0.130. The summed E-state index contributed by atoms with van der Waals surface area (Å²) in [7, 11) is 0. The molecular formula is C23H23ClN2O2. The van der Waals surface area contributed by atoms with Crippen molar-refractivity contribution in [3.8, 4) is 0 Å². The van der Waals surface area contributed by atoms with Gasteiger partial charge in [0.2, 0.25) is 11.8 Å². The Morgan fingerprint density at radius 3 is 2.54 bits per heavy atom. The Kier molecular flexibility index (Phi) is 5.23. The largest absolute Gasteiger partial charge is 0.349 e. The lowest BCUT2D eigenvalue weighted by Crippen LogP contribution is -2.36. The van der Waals surface area contributed by atoms with E-state index >= 15 is 0 Å². The van der Waals surface area contributed by atoms with Crippen molar-refractivity contribution in [2.75, 3.05) is 0 Å². The average molecular weight is 395 g/mol. The minimum atomic E-state index is -0.288. The number of benzene rings is 2. The zero-order valence-electron chi connectivity index (χ0n) is 15.8. The summed E-state index contributed by atoms with van der Waals surface area (Å²) in [6, 6.07) is 15.3. The molecule has 2 aromatic carbocycles. The van der Waals surface area contributed by atoms with E-state index in [0.29, 0.717) is 10.9 Å². The van der Waals surface area contributed by atoms with Gasteiger partial charge in [-0.3, -0.25) is 9.59 Å². The van der Waals surface area contributed by atoms with E-state index in [4.69, 9.17) is 11.6 Å². The third-order valence-corrected chi connectivity index (χ3v) is 5.74. The molecule has 28 heavy (non-hydrogen) atoms. The standard InChI is InChI=1S/C23H23ClN2O2/c1-15(27)26-13-12-16-4-2-3-5-20(16)21(26)14-22(28)25-23(17-6-7-17)18-8-10-19(24)11-9-18/h2-5,8-13,17,21,23H,6-7,14H2,1H3,(H,25,28). The molecule has 1 saturated carbocycles. The molecule has 144 valence electrons. The summed E-state index contributed by atoms with van der Waals surface area (Å²) in [6.45, 7) is 1.53. The minimum Gasteiger partial charge on any atom is -0.349 e. The van der Waals surface area contributed by atoms with Gasteiger partial charge in [-0.25, -0.2) is 0 Å². The molecule has 2 aliphatic rings. The Labute approximate surface area is 170 Å². The number of fused-ring (bicyclic) bond motifs is 1. The predicted molar refractivity (Wildman–Crippen MR) is 110 cm³/mol. The molecule has 1 aliphatic carbocycles. The number of carbonyl (C=O) groups excluding carboxylic acids is 2. The molecule has 2 unspecified atom stereocenters.